The standard InChI is InChI=1S/C25H26FNO6/c1-14(2)13-32-19-7-5-15(11-20(19)31-4)22-21-23(28)17-12-16(26)6-8-18(17)33-24(21)25(29)27(22)9-10-30-3/h5-8,11-12,14,22H,9-10,13H2,1-4H3. The van der Waals surface area contributed by atoms with Gasteiger partial charge in [0.15, 0.2) is 16.9 Å². The fourth-order valence-corrected chi connectivity index (χ4v) is 3.99. The van der Waals surface area contributed by atoms with Crippen LogP contribution in [-0.2, 0) is 4.74 Å². The van der Waals surface area contributed by atoms with E-state index in [1.165, 1.54) is 31.3 Å². The lowest BCUT2D eigenvalue weighted by Crippen LogP contribution is -2.32. The van der Waals surface area contributed by atoms with Crippen molar-refractivity contribution in [2.24, 2.45) is 5.92 Å². The third-order valence-corrected chi connectivity index (χ3v) is 5.54. The molecule has 1 atom stereocenters. The number of halogens is 1. The van der Waals surface area contributed by atoms with Crippen molar-refractivity contribution >= 4 is 16.9 Å². The molecule has 7 nitrogen and oxygen atoms in total. The van der Waals surface area contributed by atoms with Gasteiger partial charge in [-0.05, 0) is 41.8 Å². The lowest BCUT2D eigenvalue weighted by Gasteiger charge is -2.25. The summed E-state index contributed by atoms with van der Waals surface area (Å²) in [6.45, 7) is 5.11. The first kappa shape index (κ1) is 22.8. The van der Waals surface area contributed by atoms with Gasteiger partial charge in [0.2, 0.25) is 5.76 Å². The lowest BCUT2D eigenvalue weighted by molar-refractivity contribution is 0.0663. The molecule has 1 aliphatic heterocycles. The summed E-state index contributed by atoms with van der Waals surface area (Å²) in [7, 11) is 3.06. The van der Waals surface area contributed by atoms with Crippen molar-refractivity contribution in [2.75, 3.05) is 34.0 Å². The summed E-state index contributed by atoms with van der Waals surface area (Å²) in [6, 6.07) is 8.24. The van der Waals surface area contributed by atoms with Crippen molar-refractivity contribution in [3.05, 3.63) is 69.3 Å². The monoisotopic (exact) mass is 455 g/mol. The van der Waals surface area contributed by atoms with Crippen molar-refractivity contribution in [1.82, 2.24) is 4.90 Å². The SMILES string of the molecule is COCCN1C(=O)c2oc3ccc(F)cc3c(=O)c2C1c1ccc(OCC(C)C)c(OC)c1. The van der Waals surface area contributed by atoms with Gasteiger partial charge in [-0.3, -0.25) is 9.59 Å². The summed E-state index contributed by atoms with van der Waals surface area (Å²) < 4.78 is 36.2. The van der Waals surface area contributed by atoms with Gasteiger partial charge in [0.25, 0.3) is 5.91 Å². The molecule has 1 amide bonds. The second-order valence-electron chi connectivity index (χ2n) is 8.32. The molecule has 2 heterocycles. The fourth-order valence-electron chi connectivity index (χ4n) is 3.99. The van der Waals surface area contributed by atoms with Crippen molar-refractivity contribution in [2.45, 2.75) is 19.9 Å². The van der Waals surface area contributed by atoms with Gasteiger partial charge in [-0.1, -0.05) is 19.9 Å². The molecule has 174 valence electrons. The molecule has 0 bridgehead atoms. The molecule has 1 aromatic heterocycles. The van der Waals surface area contributed by atoms with Crippen LogP contribution in [0.3, 0.4) is 0 Å². The predicted octanol–water partition coefficient (Wildman–Crippen LogP) is 4.17. The average molecular weight is 455 g/mol. The van der Waals surface area contributed by atoms with Gasteiger partial charge in [0.05, 0.1) is 37.3 Å². The van der Waals surface area contributed by atoms with Crippen LogP contribution in [-0.4, -0.2) is 44.8 Å². The molecule has 3 aromatic rings. The number of rotatable bonds is 8. The molecule has 8 heteroatoms. The zero-order chi connectivity index (χ0) is 23.7. The van der Waals surface area contributed by atoms with Gasteiger partial charge in [-0.15, -0.1) is 0 Å². The Morgan fingerprint density at radius 2 is 1.88 bits per heavy atom. The van der Waals surface area contributed by atoms with Crippen molar-refractivity contribution in [1.29, 1.82) is 0 Å². The molecular formula is C25H26FNO6. The van der Waals surface area contributed by atoms with E-state index in [0.29, 0.717) is 29.6 Å². The summed E-state index contributed by atoms with van der Waals surface area (Å²) in [6.07, 6.45) is 0. The van der Waals surface area contributed by atoms with Crippen LogP contribution in [0.5, 0.6) is 11.5 Å². The number of amides is 1. The van der Waals surface area contributed by atoms with Crippen LogP contribution in [0.15, 0.2) is 45.6 Å². The minimum Gasteiger partial charge on any atom is -0.493 e. The Bertz CT molecular complexity index is 1250. The number of methoxy groups -OCH3 is 2. The molecular weight excluding hydrogens is 429 g/mol. The molecule has 4 rings (SSSR count). The number of ether oxygens (including phenoxy) is 3. The highest BCUT2D eigenvalue weighted by Crippen LogP contribution is 2.40. The van der Waals surface area contributed by atoms with Crippen molar-refractivity contribution in [3.63, 3.8) is 0 Å². The molecule has 1 aliphatic rings. The molecule has 0 saturated carbocycles. The first-order valence-corrected chi connectivity index (χ1v) is 10.7. The molecule has 0 saturated heterocycles. The number of fused-ring (bicyclic) bond motifs is 2. The Balaban J connectivity index is 1.87. The van der Waals surface area contributed by atoms with Gasteiger partial charge in [-0.25, -0.2) is 4.39 Å². The summed E-state index contributed by atoms with van der Waals surface area (Å²) in [4.78, 5) is 28.2. The largest absolute Gasteiger partial charge is 0.493 e. The second-order valence-corrected chi connectivity index (χ2v) is 8.32. The summed E-state index contributed by atoms with van der Waals surface area (Å²) in [5, 5.41) is 0.0870. The number of hydrogen-bond donors (Lipinski definition) is 0. The van der Waals surface area contributed by atoms with Crippen LogP contribution >= 0.6 is 0 Å². The van der Waals surface area contributed by atoms with Gasteiger partial charge in [0.1, 0.15) is 11.4 Å². The van der Waals surface area contributed by atoms with Gasteiger partial charge in [0, 0.05) is 13.7 Å². The topological polar surface area (TPSA) is 78.2 Å². The maximum Gasteiger partial charge on any atom is 0.290 e. The average Bonchev–Trinajstić information content (AvgIpc) is 3.08. The van der Waals surface area contributed by atoms with Crippen LogP contribution in [0, 0.1) is 11.7 Å². The van der Waals surface area contributed by atoms with E-state index < -0.39 is 23.2 Å². The predicted molar refractivity (Wildman–Crippen MR) is 121 cm³/mol. The maximum atomic E-state index is 13.9. The van der Waals surface area contributed by atoms with E-state index in [4.69, 9.17) is 18.6 Å². The first-order valence-electron chi connectivity index (χ1n) is 10.7. The molecule has 33 heavy (non-hydrogen) atoms. The molecule has 0 fully saturated rings. The highest BCUT2D eigenvalue weighted by Gasteiger charge is 2.42. The molecule has 0 N–H and O–H groups in total. The third-order valence-electron chi connectivity index (χ3n) is 5.54. The normalized spacial score (nSPS) is 15.4. The number of nitrogens with zero attached hydrogens (tertiary/aromatic N) is 1. The summed E-state index contributed by atoms with van der Waals surface area (Å²) in [5.41, 5.74) is 0.543. The quantitative estimate of drug-likeness (QED) is 0.507. The fraction of sp³-hybridized carbons (Fsp3) is 0.360. The molecule has 1 unspecified atom stereocenters. The van der Waals surface area contributed by atoms with E-state index in [1.807, 2.05) is 13.8 Å². The van der Waals surface area contributed by atoms with Crippen LogP contribution < -0.4 is 14.9 Å². The van der Waals surface area contributed by atoms with Crippen LogP contribution in [0.2, 0.25) is 0 Å². The second kappa shape index (κ2) is 9.23. The molecule has 0 radical (unpaired) electrons. The van der Waals surface area contributed by atoms with Gasteiger partial charge in [-0.2, -0.15) is 0 Å². The number of carbonyl (C=O) groups is 1. The minimum atomic E-state index is -0.736. The third kappa shape index (κ3) is 4.18. The summed E-state index contributed by atoms with van der Waals surface area (Å²) >= 11 is 0. The van der Waals surface area contributed by atoms with Gasteiger partial charge < -0.3 is 23.5 Å². The Labute approximate surface area is 190 Å². The highest BCUT2D eigenvalue weighted by atomic mass is 19.1. The smallest absolute Gasteiger partial charge is 0.290 e. The Kier molecular flexibility index (Phi) is 6.37. The summed E-state index contributed by atoms with van der Waals surface area (Å²) in [5.74, 6) is 0.359. The lowest BCUT2D eigenvalue weighted by atomic mass is 9.98. The molecule has 0 spiro atoms. The van der Waals surface area contributed by atoms with Crippen molar-refractivity contribution < 1.29 is 27.8 Å². The molecule has 2 aromatic carbocycles. The van der Waals surface area contributed by atoms with E-state index in [9.17, 15) is 14.0 Å². The Hall–Kier alpha value is -3.39. The maximum absolute atomic E-state index is 13.9. The van der Waals surface area contributed by atoms with Crippen LogP contribution in [0.1, 0.15) is 41.6 Å². The van der Waals surface area contributed by atoms with E-state index in [2.05, 4.69) is 0 Å². The number of carbonyl (C=O) groups excluding carboxylic acids is 1. The van der Waals surface area contributed by atoms with Crippen molar-refractivity contribution in [3.8, 4) is 11.5 Å². The van der Waals surface area contributed by atoms with E-state index in [0.717, 1.165) is 6.07 Å². The van der Waals surface area contributed by atoms with Crippen LogP contribution in [0.4, 0.5) is 4.39 Å². The highest BCUT2D eigenvalue weighted by molar-refractivity contribution is 5.99. The number of hydrogen-bond acceptors (Lipinski definition) is 6. The zero-order valence-corrected chi connectivity index (χ0v) is 19.0. The Morgan fingerprint density at radius 3 is 2.58 bits per heavy atom. The van der Waals surface area contributed by atoms with E-state index in [-0.39, 0.29) is 35.4 Å². The first-order chi connectivity index (χ1) is 15.8. The van der Waals surface area contributed by atoms with Crippen LogP contribution in [0.25, 0.3) is 11.0 Å². The molecule has 0 aliphatic carbocycles. The van der Waals surface area contributed by atoms with E-state index in [1.54, 1.807) is 18.2 Å². The number of benzene rings is 2. The minimum absolute atomic E-state index is 0.0423. The van der Waals surface area contributed by atoms with Gasteiger partial charge >= 0.3 is 0 Å². The van der Waals surface area contributed by atoms with E-state index >= 15 is 0 Å². The Morgan fingerprint density at radius 1 is 1.09 bits per heavy atom. The zero-order valence-electron chi connectivity index (χ0n) is 19.0.